The molecule has 2 atom stereocenters. The second-order valence-corrected chi connectivity index (χ2v) is 6.16. The molecule has 0 aromatic heterocycles. The summed E-state index contributed by atoms with van der Waals surface area (Å²) in [5, 5.41) is 3.29. The number of nitrogens with one attached hydrogen (secondary N) is 1. The quantitative estimate of drug-likeness (QED) is 0.811. The highest BCUT2D eigenvalue weighted by atomic mass is 19.1. The summed E-state index contributed by atoms with van der Waals surface area (Å²) in [6.45, 7) is 5.38. The zero-order valence-corrected chi connectivity index (χ0v) is 12.8. The van der Waals surface area contributed by atoms with Crippen molar-refractivity contribution in [2.45, 2.75) is 57.7 Å². The SMILES string of the molecule is Cc1cc(OC(C)CC(C)(NC2CC2)C(N)=O)ccc1F. The van der Waals surface area contributed by atoms with Crippen LogP contribution in [-0.2, 0) is 4.79 Å². The van der Waals surface area contributed by atoms with Crippen LogP contribution in [0.2, 0.25) is 0 Å². The molecule has 0 saturated heterocycles. The molecule has 0 aliphatic heterocycles. The molecule has 1 aromatic rings. The molecular weight excluding hydrogens is 271 g/mol. The van der Waals surface area contributed by atoms with Gasteiger partial charge in [-0.1, -0.05) is 0 Å². The molecule has 1 fully saturated rings. The molecule has 1 amide bonds. The maximum atomic E-state index is 13.2. The largest absolute Gasteiger partial charge is 0.491 e. The maximum Gasteiger partial charge on any atom is 0.237 e. The van der Waals surface area contributed by atoms with Crippen molar-refractivity contribution in [3.63, 3.8) is 0 Å². The lowest BCUT2D eigenvalue weighted by Crippen LogP contribution is -2.55. The lowest BCUT2D eigenvalue weighted by atomic mass is 9.93. The van der Waals surface area contributed by atoms with Gasteiger partial charge in [0.15, 0.2) is 0 Å². The third-order valence-electron chi connectivity index (χ3n) is 3.81. The number of ether oxygens (including phenoxy) is 1. The second kappa shape index (κ2) is 6.02. The first-order valence-electron chi connectivity index (χ1n) is 7.30. The van der Waals surface area contributed by atoms with E-state index in [1.807, 2.05) is 13.8 Å². The topological polar surface area (TPSA) is 64.3 Å². The summed E-state index contributed by atoms with van der Waals surface area (Å²) in [6, 6.07) is 5.01. The summed E-state index contributed by atoms with van der Waals surface area (Å²) in [7, 11) is 0. The first-order chi connectivity index (χ1) is 9.80. The molecule has 2 unspecified atom stereocenters. The van der Waals surface area contributed by atoms with Gasteiger partial charge < -0.3 is 15.8 Å². The summed E-state index contributed by atoms with van der Waals surface area (Å²) in [5.74, 6) is -0.0350. The number of hydrogen-bond acceptors (Lipinski definition) is 3. The van der Waals surface area contributed by atoms with Crippen molar-refractivity contribution in [3.05, 3.63) is 29.6 Å². The summed E-state index contributed by atoms with van der Waals surface area (Å²) >= 11 is 0. The summed E-state index contributed by atoms with van der Waals surface area (Å²) in [4.78, 5) is 11.7. The lowest BCUT2D eigenvalue weighted by molar-refractivity contribution is -0.124. The minimum atomic E-state index is -0.782. The van der Waals surface area contributed by atoms with Crippen molar-refractivity contribution >= 4 is 5.91 Å². The van der Waals surface area contributed by atoms with Crippen molar-refractivity contribution in [3.8, 4) is 5.75 Å². The van der Waals surface area contributed by atoms with E-state index in [4.69, 9.17) is 10.5 Å². The predicted octanol–water partition coefficient (Wildman–Crippen LogP) is 2.29. The van der Waals surface area contributed by atoms with Crippen LogP contribution in [0.25, 0.3) is 0 Å². The van der Waals surface area contributed by atoms with Crippen LogP contribution in [0.4, 0.5) is 4.39 Å². The minimum Gasteiger partial charge on any atom is -0.491 e. The van der Waals surface area contributed by atoms with E-state index in [0.29, 0.717) is 23.8 Å². The molecule has 0 spiro atoms. The Labute approximate surface area is 124 Å². The number of primary amides is 1. The third kappa shape index (κ3) is 4.17. The lowest BCUT2D eigenvalue weighted by Gasteiger charge is -2.30. The number of aryl methyl sites for hydroxylation is 1. The molecule has 2 rings (SSSR count). The van der Waals surface area contributed by atoms with Gasteiger partial charge in [0.2, 0.25) is 5.91 Å². The number of carbonyl (C=O) groups excluding carboxylic acids is 1. The fraction of sp³-hybridized carbons (Fsp3) is 0.562. The first kappa shape index (κ1) is 15.8. The van der Waals surface area contributed by atoms with Gasteiger partial charge in [-0.2, -0.15) is 0 Å². The van der Waals surface area contributed by atoms with E-state index in [-0.39, 0.29) is 17.8 Å². The molecule has 1 saturated carbocycles. The van der Waals surface area contributed by atoms with Gasteiger partial charge in [-0.05, 0) is 57.4 Å². The second-order valence-electron chi connectivity index (χ2n) is 6.16. The number of benzene rings is 1. The van der Waals surface area contributed by atoms with E-state index in [1.54, 1.807) is 19.1 Å². The van der Waals surface area contributed by atoms with Crippen LogP contribution in [0.1, 0.15) is 38.7 Å². The molecule has 3 N–H and O–H groups in total. The molecule has 1 aromatic carbocycles. The van der Waals surface area contributed by atoms with Crippen LogP contribution in [0.3, 0.4) is 0 Å². The Kier molecular flexibility index (Phi) is 4.52. The van der Waals surface area contributed by atoms with E-state index in [9.17, 15) is 9.18 Å². The Bertz CT molecular complexity index is 531. The standard InChI is InChI=1S/C16H23FN2O2/c1-10-8-13(6-7-14(10)17)21-11(2)9-16(3,15(18)20)19-12-4-5-12/h6-8,11-12,19H,4-5,9H2,1-3H3,(H2,18,20). The molecule has 0 radical (unpaired) electrons. The molecule has 0 heterocycles. The van der Waals surface area contributed by atoms with Gasteiger partial charge in [0, 0.05) is 12.5 Å². The minimum absolute atomic E-state index is 0.210. The molecule has 0 bridgehead atoms. The van der Waals surface area contributed by atoms with E-state index in [1.165, 1.54) is 6.07 Å². The van der Waals surface area contributed by atoms with Gasteiger partial charge in [0.25, 0.3) is 0 Å². The van der Waals surface area contributed by atoms with Crippen molar-refractivity contribution in [2.75, 3.05) is 0 Å². The van der Waals surface area contributed by atoms with Crippen molar-refractivity contribution < 1.29 is 13.9 Å². The Hall–Kier alpha value is -1.62. The fourth-order valence-electron chi connectivity index (χ4n) is 2.45. The molecule has 1 aliphatic carbocycles. The average Bonchev–Trinajstić information content (AvgIpc) is 3.17. The number of hydrogen-bond donors (Lipinski definition) is 2. The Morgan fingerprint density at radius 2 is 2.24 bits per heavy atom. The molecule has 21 heavy (non-hydrogen) atoms. The molecular formula is C16H23FN2O2. The van der Waals surface area contributed by atoms with Gasteiger partial charge in [0.05, 0.1) is 11.6 Å². The van der Waals surface area contributed by atoms with Crippen LogP contribution in [0.5, 0.6) is 5.75 Å². The van der Waals surface area contributed by atoms with Crippen LogP contribution in [0.15, 0.2) is 18.2 Å². The Balaban J connectivity index is 1.99. The van der Waals surface area contributed by atoms with Crippen molar-refractivity contribution in [1.29, 1.82) is 0 Å². The molecule has 4 nitrogen and oxygen atoms in total. The van der Waals surface area contributed by atoms with E-state index in [0.717, 1.165) is 12.8 Å². The highest BCUT2D eigenvalue weighted by molar-refractivity contribution is 5.84. The monoisotopic (exact) mass is 294 g/mol. The Morgan fingerprint density at radius 1 is 1.57 bits per heavy atom. The molecule has 116 valence electrons. The zero-order chi connectivity index (χ0) is 15.6. The fourth-order valence-corrected chi connectivity index (χ4v) is 2.45. The normalized spacial score (nSPS) is 18.9. The third-order valence-corrected chi connectivity index (χ3v) is 3.81. The first-order valence-corrected chi connectivity index (χ1v) is 7.30. The summed E-state index contributed by atoms with van der Waals surface area (Å²) in [6.07, 6.45) is 2.42. The number of rotatable bonds is 7. The maximum absolute atomic E-state index is 13.2. The molecule has 1 aliphatic rings. The van der Waals surface area contributed by atoms with E-state index < -0.39 is 5.54 Å². The predicted molar refractivity (Wildman–Crippen MR) is 79.6 cm³/mol. The van der Waals surface area contributed by atoms with Crippen LogP contribution < -0.4 is 15.8 Å². The van der Waals surface area contributed by atoms with Crippen LogP contribution in [-0.4, -0.2) is 23.6 Å². The summed E-state index contributed by atoms with van der Waals surface area (Å²) in [5.41, 5.74) is 5.28. The summed E-state index contributed by atoms with van der Waals surface area (Å²) < 4.78 is 19.0. The van der Waals surface area contributed by atoms with Crippen LogP contribution >= 0.6 is 0 Å². The Morgan fingerprint density at radius 3 is 2.76 bits per heavy atom. The van der Waals surface area contributed by atoms with Gasteiger partial charge in [0.1, 0.15) is 11.6 Å². The number of halogens is 1. The van der Waals surface area contributed by atoms with Crippen LogP contribution in [0, 0.1) is 12.7 Å². The van der Waals surface area contributed by atoms with Gasteiger partial charge in [-0.3, -0.25) is 4.79 Å². The number of carbonyl (C=O) groups is 1. The van der Waals surface area contributed by atoms with Crippen molar-refractivity contribution in [2.24, 2.45) is 5.73 Å². The van der Waals surface area contributed by atoms with Gasteiger partial charge in [-0.25, -0.2) is 4.39 Å². The van der Waals surface area contributed by atoms with Gasteiger partial charge >= 0.3 is 0 Å². The zero-order valence-electron chi connectivity index (χ0n) is 12.8. The highest BCUT2D eigenvalue weighted by Crippen LogP contribution is 2.26. The molecule has 5 heteroatoms. The number of nitrogens with two attached hydrogens (primary N) is 1. The van der Waals surface area contributed by atoms with E-state index in [2.05, 4.69) is 5.32 Å². The van der Waals surface area contributed by atoms with Gasteiger partial charge in [-0.15, -0.1) is 0 Å². The highest BCUT2D eigenvalue weighted by Gasteiger charge is 2.38. The van der Waals surface area contributed by atoms with E-state index >= 15 is 0 Å². The van der Waals surface area contributed by atoms with Crippen molar-refractivity contribution in [1.82, 2.24) is 5.32 Å². The smallest absolute Gasteiger partial charge is 0.237 e. The average molecular weight is 294 g/mol. The number of amides is 1.